The molecule has 1 aromatic rings. The SMILES string of the molecule is Cc1sc(C(C)C)nc1CC#N. The first-order valence-electron chi connectivity index (χ1n) is 3.98. The molecule has 0 unspecified atom stereocenters. The molecule has 0 bridgehead atoms. The molecule has 0 saturated heterocycles. The van der Waals surface area contributed by atoms with Gasteiger partial charge in [-0.3, -0.25) is 0 Å². The molecule has 0 saturated carbocycles. The fourth-order valence-corrected chi connectivity index (χ4v) is 1.88. The van der Waals surface area contributed by atoms with Gasteiger partial charge in [0.2, 0.25) is 0 Å². The lowest BCUT2D eigenvalue weighted by atomic mass is 10.2. The van der Waals surface area contributed by atoms with E-state index < -0.39 is 0 Å². The Hall–Kier alpha value is -0.880. The Morgan fingerprint density at radius 3 is 2.67 bits per heavy atom. The van der Waals surface area contributed by atoms with Crippen LogP contribution in [0.4, 0.5) is 0 Å². The van der Waals surface area contributed by atoms with Crippen molar-refractivity contribution in [2.24, 2.45) is 0 Å². The molecule has 0 spiro atoms. The van der Waals surface area contributed by atoms with Crippen molar-refractivity contribution in [3.05, 3.63) is 15.6 Å². The van der Waals surface area contributed by atoms with E-state index in [2.05, 4.69) is 24.9 Å². The molecule has 0 N–H and O–H groups in total. The molecule has 0 aliphatic heterocycles. The number of aryl methyl sites for hydroxylation is 1. The molecule has 64 valence electrons. The van der Waals surface area contributed by atoms with Gasteiger partial charge in [-0.1, -0.05) is 13.8 Å². The third kappa shape index (κ3) is 1.83. The van der Waals surface area contributed by atoms with Crippen molar-refractivity contribution in [1.82, 2.24) is 4.98 Å². The molecule has 1 heterocycles. The Labute approximate surface area is 76.9 Å². The van der Waals surface area contributed by atoms with Gasteiger partial charge in [0.25, 0.3) is 0 Å². The quantitative estimate of drug-likeness (QED) is 0.701. The first kappa shape index (κ1) is 9.21. The summed E-state index contributed by atoms with van der Waals surface area (Å²) in [7, 11) is 0. The predicted octanol–water partition coefficient (Wildman–Crippen LogP) is 2.64. The highest BCUT2D eigenvalue weighted by Crippen LogP contribution is 2.23. The number of hydrogen-bond donors (Lipinski definition) is 0. The highest BCUT2D eigenvalue weighted by molar-refractivity contribution is 7.11. The molecular weight excluding hydrogens is 168 g/mol. The predicted molar refractivity (Wildman–Crippen MR) is 50.3 cm³/mol. The maximum Gasteiger partial charge on any atom is 0.0956 e. The van der Waals surface area contributed by atoms with Gasteiger partial charge in [-0.15, -0.1) is 11.3 Å². The van der Waals surface area contributed by atoms with Gasteiger partial charge in [0.15, 0.2) is 0 Å². The maximum absolute atomic E-state index is 8.51. The zero-order valence-corrected chi connectivity index (χ0v) is 8.40. The maximum atomic E-state index is 8.51. The van der Waals surface area contributed by atoms with Crippen LogP contribution in [0.3, 0.4) is 0 Å². The average Bonchev–Trinajstić information content (AvgIpc) is 2.34. The third-order valence-corrected chi connectivity index (χ3v) is 2.96. The van der Waals surface area contributed by atoms with Crippen molar-refractivity contribution >= 4 is 11.3 Å². The minimum Gasteiger partial charge on any atom is -0.245 e. The Kier molecular flexibility index (Phi) is 2.83. The second kappa shape index (κ2) is 3.68. The van der Waals surface area contributed by atoms with E-state index in [1.165, 1.54) is 4.88 Å². The number of aromatic nitrogens is 1. The van der Waals surface area contributed by atoms with Crippen molar-refractivity contribution < 1.29 is 0 Å². The Morgan fingerprint density at radius 2 is 2.25 bits per heavy atom. The summed E-state index contributed by atoms with van der Waals surface area (Å²) in [5.74, 6) is 0.473. The summed E-state index contributed by atoms with van der Waals surface area (Å²) in [6, 6.07) is 2.12. The van der Waals surface area contributed by atoms with Crippen LogP contribution in [0.15, 0.2) is 0 Å². The van der Waals surface area contributed by atoms with Crippen LogP contribution in [0.1, 0.15) is 35.3 Å². The number of nitrogens with zero attached hydrogens (tertiary/aromatic N) is 2. The van der Waals surface area contributed by atoms with Crippen LogP contribution >= 0.6 is 11.3 Å². The Balaban J connectivity index is 2.94. The molecule has 2 nitrogen and oxygen atoms in total. The zero-order valence-electron chi connectivity index (χ0n) is 7.59. The van der Waals surface area contributed by atoms with Crippen LogP contribution in [0, 0.1) is 18.3 Å². The van der Waals surface area contributed by atoms with E-state index >= 15 is 0 Å². The first-order valence-corrected chi connectivity index (χ1v) is 4.80. The van der Waals surface area contributed by atoms with Gasteiger partial charge < -0.3 is 0 Å². The van der Waals surface area contributed by atoms with Gasteiger partial charge in [0.05, 0.1) is 23.2 Å². The third-order valence-electron chi connectivity index (χ3n) is 1.65. The zero-order chi connectivity index (χ0) is 9.14. The summed E-state index contributed by atoms with van der Waals surface area (Å²) >= 11 is 1.70. The number of hydrogen-bond acceptors (Lipinski definition) is 3. The molecule has 12 heavy (non-hydrogen) atoms. The van der Waals surface area contributed by atoms with E-state index in [0.29, 0.717) is 12.3 Å². The van der Waals surface area contributed by atoms with Gasteiger partial charge in [-0.05, 0) is 6.92 Å². The van der Waals surface area contributed by atoms with E-state index in [-0.39, 0.29) is 0 Å². The molecule has 0 aromatic carbocycles. The van der Waals surface area contributed by atoms with E-state index in [0.717, 1.165) is 10.7 Å². The molecular formula is C9H12N2S. The molecule has 1 aromatic heterocycles. The van der Waals surface area contributed by atoms with Crippen molar-refractivity contribution in [2.75, 3.05) is 0 Å². The second-order valence-electron chi connectivity index (χ2n) is 3.04. The first-order chi connectivity index (χ1) is 5.65. The Morgan fingerprint density at radius 1 is 1.58 bits per heavy atom. The molecule has 1 rings (SSSR count). The fourth-order valence-electron chi connectivity index (χ4n) is 0.936. The molecule has 0 aliphatic rings. The summed E-state index contributed by atoms with van der Waals surface area (Å²) < 4.78 is 0. The fraction of sp³-hybridized carbons (Fsp3) is 0.556. The topological polar surface area (TPSA) is 36.7 Å². The highest BCUT2D eigenvalue weighted by Gasteiger charge is 2.09. The summed E-state index contributed by atoms with van der Waals surface area (Å²) in [5, 5.41) is 9.64. The smallest absolute Gasteiger partial charge is 0.0956 e. The van der Waals surface area contributed by atoms with Crippen LogP contribution in [-0.2, 0) is 6.42 Å². The van der Waals surface area contributed by atoms with Crippen LogP contribution in [-0.4, -0.2) is 4.98 Å². The average molecular weight is 180 g/mol. The van der Waals surface area contributed by atoms with Gasteiger partial charge in [0, 0.05) is 10.8 Å². The summed E-state index contributed by atoms with van der Waals surface area (Å²) in [6.45, 7) is 6.26. The molecule has 0 amide bonds. The van der Waals surface area contributed by atoms with Gasteiger partial charge in [-0.2, -0.15) is 5.26 Å². The Bertz CT molecular complexity index is 307. The van der Waals surface area contributed by atoms with Crippen LogP contribution in [0.5, 0.6) is 0 Å². The molecule has 0 aliphatic carbocycles. The molecule has 0 atom stereocenters. The number of rotatable bonds is 2. The van der Waals surface area contributed by atoms with Crippen molar-refractivity contribution in [3.8, 4) is 6.07 Å². The van der Waals surface area contributed by atoms with Gasteiger partial charge >= 0.3 is 0 Å². The van der Waals surface area contributed by atoms with Gasteiger partial charge in [-0.25, -0.2) is 4.98 Å². The lowest BCUT2D eigenvalue weighted by Gasteiger charge is -1.95. The van der Waals surface area contributed by atoms with E-state index in [9.17, 15) is 0 Å². The van der Waals surface area contributed by atoms with Crippen LogP contribution in [0.2, 0.25) is 0 Å². The monoisotopic (exact) mass is 180 g/mol. The lowest BCUT2D eigenvalue weighted by Crippen LogP contribution is -1.88. The molecule has 0 fully saturated rings. The molecule has 3 heteroatoms. The normalized spacial score (nSPS) is 10.2. The van der Waals surface area contributed by atoms with Crippen LogP contribution in [0.25, 0.3) is 0 Å². The van der Waals surface area contributed by atoms with E-state index in [4.69, 9.17) is 5.26 Å². The number of nitriles is 1. The highest BCUT2D eigenvalue weighted by atomic mass is 32.1. The van der Waals surface area contributed by atoms with E-state index in [1.807, 2.05) is 6.92 Å². The minimum atomic E-state index is 0.440. The number of thiazole rings is 1. The lowest BCUT2D eigenvalue weighted by molar-refractivity contribution is 0.843. The van der Waals surface area contributed by atoms with Crippen molar-refractivity contribution in [2.45, 2.75) is 33.1 Å². The van der Waals surface area contributed by atoms with Gasteiger partial charge in [0.1, 0.15) is 0 Å². The molecule has 0 radical (unpaired) electrons. The largest absolute Gasteiger partial charge is 0.245 e. The summed E-state index contributed by atoms with van der Waals surface area (Å²) in [6.07, 6.45) is 0.440. The second-order valence-corrected chi connectivity index (χ2v) is 4.28. The van der Waals surface area contributed by atoms with Crippen molar-refractivity contribution in [3.63, 3.8) is 0 Å². The minimum absolute atomic E-state index is 0.440. The van der Waals surface area contributed by atoms with Crippen LogP contribution < -0.4 is 0 Å². The standard InChI is InChI=1S/C9H12N2S/c1-6(2)9-11-8(4-5-10)7(3)12-9/h6H,4H2,1-3H3. The summed E-state index contributed by atoms with van der Waals surface area (Å²) in [4.78, 5) is 5.58. The summed E-state index contributed by atoms with van der Waals surface area (Å²) in [5.41, 5.74) is 0.950. The van der Waals surface area contributed by atoms with Crippen molar-refractivity contribution in [1.29, 1.82) is 5.26 Å². The van der Waals surface area contributed by atoms with E-state index in [1.54, 1.807) is 11.3 Å².